The molecule has 14 heteroatoms. The van der Waals surface area contributed by atoms with Gasteiger partial charge in [0.05, 0.1) is 22.0 Å². The first-order valence-electron chi connectivity index (χ1n) is 10.6. The number of alkyl halides is 7. The van der Waals surface area contributed by atoms with E-state index in [2.05, 4.69) is 27.8 Å². The monoisotopic (exact) mass is 644 g/mol. The zero-order valence-corrected chi connectivity index (χ0v) is 22.3. The molecule has 0 bridgehead atoms. The number of carbonyl (C=O) groups excluding carboxylic acids is 2. The van der Waals surface area contributed by atoms with Crippen LogP contribution in [0.2, 0.25) is 5.02 Å². The SMILES string of the molecule is C=C/C=C\C(=C/C)C(=O)N(C)c1cccc(C(=O)Nc2c(Cl)cc(C(F)(C(F)(F)F)C(F)(F)F)cc2Br)c1F. The lowest BCUT2D eigenvalue weighted by molar-refractivity contribution is -0.348. The van der Waals surface area contributed by atoms with Crippen molar-refractivity contribution in [1.29, 1.82) is 0 Å². The average Bonchev–Trinajstić information content (AvgIpc) is 2.84. The summed E-state index contributed by atoms with van der Waals surface area (Å²) in [6.45, 7) is 5.05. The molecule has 0 spiro atoms. The van der Waals surface area contributed by atoms with Crippen molar-refractivity contribution >= 4 is 50.7 Å². The molecule has 0 saturated carbocycles. The largest absolute Gasteiger partial charge is 0.435 e. The molecule has 0 radical (unpaired) electrons. The zero-order valence-electron chi connectivity index (χ0n) is 19.9. The van der Waals surface area contributed by atoms with E-state index in [9.17, 15) is 40.3 Å². The Kier molecular flexibility index (Phi) is 9.78. The van der Waals surface area contributed by atoms with Crippen LogP contribution in [-0.2, 0) is 10.5 Å². The van der Waals surface area contributed by atoms with Gasteiger partial charge in [-0.15, -0.1) is 0 Å². The molecule has 2 aromatic rings. The third-order valence-corrected chi connectivity index (χ3v) is 6.24. The second kappa shape index (κ2) is 11.9. The molecule has 2 aromatic carbocycles. The van der Waals surface area contributed by atoms with Gasteiger partial charge < -0.3 is 10.2 Å². The molecule has 0 fully saturated rings. The number of amides is 2. The minimum atomic E-state index is -6.39. The Labute approximate surface area is 230 Å². The third-order valence-electron chi connectivity index (χ3n) is 5.32. The normalized spacial score (nSPS) is 13.0. The Balaban J connectivity index is 2.47. The summed E-state index contributed by atoms with van der Waals surface area (Å²) < 4.78 is 108. The highest BCUT2D eigenvalue weighted by Crippen LogP contribution is 2.54. The van der Waals surface area contributed by atoms with Gasteiger partial charge in [-0.05, 0) is 53.2 Å². The maximum atomic E-state index is 15.3. The van der Waals surface area contributed by atoms with E-state index in [0.717, 1.165) is 11.0 Å². The van der Waals surface area contributed by atoms with Crippen molar-refractivity contribution in [2.75, 3.05) is 17.3 Å². The summed E-state index contributed by atoms with van der Waals surface area (Å²) >= 11 is 8.49. The van der Waals surface area contributed by atoms with Gasteiger partial charge in [0.1, 0.15) is 0 Å². The van der Waals surface area contributed by atoms with Gasteiger partial charge in [-0.1, -0.05) is 42.5 Å². The van der Waals surface area contributed by atoms with Gasteiger partial charge >= 0.3 is 18.0 Å². The lowest BCUT2D eigenvalue weighted by Crippen LogP contribution is -2.50. The molecule has 0 atom stereocenters. The van der Waals surface area contributed by atoms with Crippen LogP contribution < -0.4 is 10.2 Å². The maximum Gasteiger partial charge on any atom is 0.435 e. The van der Waals surface area contributed by atoms with Crippen molar-refractivity contribution in [3.63, 3.8) is 0 Å². The molecular formula is C25H18BrClF8N2O2. The Hall–Kier alpha value is -3.19. The molecule has 2 rings (SSSR count). The topological polar surface area (TPSA) is 49.4 Å². The van der Waals surface area contributed by atoms with Crippen LogP contribution in [0.4, 0.5) is 46.5 Å². The van der Waals surface area contributed by atoms with E-state index in [1.807, 2.05) is 0 Å². The fourth-order valence-electron chi connectivity index (χ4n) is 3.28. The van der Waals surface area contributed by atoms with Crippen LogP contribution in [0.1, 0.15) is 22.8 Å². The minimum Gasteiger partial charge on any atom is -0.320 e. The van der Waals surface area contributed by atoms with Crippen LogP contribution in [0.3, 0.4) is 0 Å². The second-order valence-electron chi connectivity index (χ2n) is 7.76. The molecule has 210 valence electrons. The molecular weight excluding hydrogens is 628 g/mol. The summed E-state index contributed by atoms with van der Waals surface area (Å²) in [5.74, 6) is -3.03. The number of carbonyl (C=O) groups is 2. The number of likely N-dealkylation sites (N-methyl/N-ethyl adjacent to an activating group) is 1. The predicted molar refractivity (Wildman–Crippen MR) is 135 cm³/mol. The Bertz CT molecular complexity index is 1320. The van der Waals surface area contributed by atoms with Gasteiger partial charge in [0.25, 0.3) is 11.8 Å². The van der Waals surface area contributed by atoms with Crippen molar-refractivity contribution < 1.29 is 44.7 Å². The average molecular weight is 646 g/mol. The first-order valence-corrected chi connectivity index (χ1v) is 11.7. The van der Waals surface area contributed by atoms with Gasteiger partial charge in [-0.3, -0.25) is 9.59 Å². The third kappa shape index (κ3) is 6.35. The lowest BCUT2D eigenvalue weighted by Gasteiger charge is -2.30. The van der Waals surface area contributed by atoms with Gasteiger partial charge in [-0.25, -0.2) is 8.78 Å². The van der Waals surface area contributed by atoms with Crippen LogP contribution in [-0.4, -0.2) is 31.2 Å². The number of hydrogen-bond donors (Lipinski definition) is 1. The number of nitrogens with one attached hydrogen (secondary N) is 1. The van der Waals surface area contributed by atoms with Gasteiger partial charge in [-0.2, -0.15) is 26.3 Å². The molecule has 0 aliphatic heterocycles. The number of benzene rings is 2. The fraction of sp³-hybridized carbons (Fsp3) is 0.200. The summed E-state index contributed by atoms with van der Waals surface area (Å²) in [5.41, 5.74) is -9.01. The van der Waals surface area contributed by atoms with Crippen molar-refractivity contribution in [2.45, 2.75) is 24.9 Å². The quantitative estimate of drug-likeness (QED) is 0.187. The number of halogens is 10. The molecule has 4 nitrogen and oxygen atoms in total. The Morgan fingerprint density at radius 3 is 2.15 bits per heavy atom. The second-order valence-corrected chi connectivity index (χ2v) is 9.03. The molecule has 0 aromatic heterocycles. The summed E-state index contributed by atoms with van der Waals surface area (Å²) in [7, 11) is 1.24. The van der Waals surface area contributed by atoms with E-state index < -0.39 is 62.0 Å². The lowest BCUT2D eigenvalue weighted by atomic mass is 9.94. The highest BCUT2D eigenvalue weighted by atomic mass is 79.9. The highest BCUT2D eigenvalue weighted by molar-refractivity contribution is 9.10. The van der Waals surface area contributed by atoms with E-state index in [1.54, 1.807) is 6.92 Å². The molecule has 0 aliphatic rings. The molecule has 0 aliphatic carbocycles. The summed E-state index contributed by atoms with van der Waals surface area (Å²) in [6, 6.07) is 3.64. The van der Waals surface area contributed by atoms with Crippen molar-refractivity contribution in [3.05, 3.63) is 93.2 Å². The van der Waals surface area contributed by atoms with Crippen LogP contribution >= 0.6 is 27.5 Å². The van der Waals surface area contributed by atoms with E-state index in [-0.39, 0.29) is 23.4 Å². The number of anilines is 2. The first-order chi connectivity index (χ1) is 17.9. The molecule has 39 heavy (non-hydrogen) atoms. The molecule has 1 N–H and O–H groups in total. The van der Waals surface area contributed by atoms with Crippen LogP contribution in [0, 0.1) is 5.82 Å². The number of hydrogen-bond acceptors (Lipinski definition) is 2. The smallest absolute Gasteiger partial charge is 0.320 e. The Morgan fingerprint density at radius 1 is 1.08 bits per heavy atom. The fourth-order valence-corrected chi connectivity index (χ4v) is 4.22. The standard InChI is InChI=1S/C25H18BrClF8N2O2/c1-4-6-8-13(5-2)22(39)37(3)18-10-7-9-15(19(18)28)21(38)36-20-16(26)11-14(12-17(20)27)23(29,24(30,31)32)25(33,34)35/h4-12H,1H2,2-3H3,(H,36,38)/b8-6-,13-5+. The van der Waals surface area contributed by atoms with E-state index >= 15 is 4.39 Å². The van der Waals surface area contributed by atoms with Crippen molar-refractivity contribution in [1.82, 2.24) is 0 Å². The minimum absolute atomic E-state index is 0.0531. The van der Waals surface area contributed by atoms with Crippen LogP contribution in [0.25, 0.3) is 0 Å². The molecule has 0 heterocycles. The number of rotatable bonds is 7. The summed E-state index contributed by atoms with van der Waals surface area (Å²) in [4.78, 5) is 26.5. The maximum absolute atomic E-state index is 15.3. The van der Waals surface area contributed by atoms with E-state index in [0.29, 0.717) is 0 Å². The van der Waals surface area contributed by atoms with E-state index in [1.165, 1.54) is 43.5 Å². The van der Waals surface area contributed by atoms with Crippen molar-refractivity contribution in [3.8, 4) is 0 Å². The number of allylic oxidation sites excluding steroid dienone is 3. The van der Waals surface area contributed by atoms with E-state index in [4.69, 9.17) is 11.6 Å². The first kappa shape index (κ1) is 32.0. The van der Waals surface area contributed by atoms with Crippen LogP contribution in [0.15, 0.2) is 71.3 Å². The van der Waals surface area contributed by atoms with Gasteiger partial charge in [0.15, 0.2) is 5.82 Å². The Morgan fingerprint density at radius 2 is 1.67 bits per heavy atom. The summed E-state index contributed by atoms with van der Waals surface area (Å²) in [5, 5.41) is 1.17. The van der Waals surface area contributed by atoms with Gasteiger partial charge in [0.2, 0.25) is 0 Å². The predicted octanol–water partition coefficient (Wildman–Crippen LogP) is 8.43. The van der Waals surface area contributed by atoms with Crippen LogP contribution in [0.5, 0.6) is 0 Å². The molecule has 0 unspecified atom stereocenters. The summed E-state index contributed by atoms with van der Waals surface area (Å²) in [6.07, 6.45) is -7.00. The molecule has 2 amide bonds. The van der Waals surface area contributed by atoms with Gasteiger partial charge in [0, 0.05) is 22.7 Å². The number of nitrogens with zero attached hydrogens (tertiary/aromatic N) is 1. The van der Waals surface area contributed by atoms with Crippen molar-refractivity contribution in [2.24, 2.45) is 0 Å². The zero-order chi connectivity index (χ0) is 29.9. The highest BCUT2D eigenvalue weighted by Gasteiger charge is 2.73. The molecule has 0 saturated heterocycles.